The van der Waals surface area contributed by atoms with E-state index in [1.54, 1.807) is 10.9 Å². The molecule has 0 aliphatic carbocycles. The Kier molecular flexibility index (Phi) is 5.53. The number of aryl methyl sites for hydroxylation is 2. The normalized spacial score (nSPS) is 10.7. The standard InChI is InChI=1S/C16H18N4O/c1-2-21-13-18-16-15(11-17)12-19-20(16)10-6-9-14-7-4-3-5-8-14/h3-5,7-8,12-13H,2,6,9-10H2,1H3/b18-13+. The van der Waals surface area contributed by atoms with Crippen molar-refractivity contribution in [3.05, 3.63) is 47.7 Å². The first-order valence-corrected chi connectivity index (χ1v) is 6.99. The van der Waals surface area contributed by atoms with Gasteiger partial charge in [0.1, 0.15) is 11.6 Å². The van der Waals surface area contributed by atoms with Crippen molar-refractivity contribution in [2.24, 2.45) is 4.99 Å². The third kappa shape index (κ3) is 4.18. The van der Waals surface area contributed by atoms with Gasteiger partial charge in [-0.25, -0.2) is 4.68 Å². The van der Waals surface area contributed by atoms with Gasteiger partial charge in [-0.2, -0.15) is 15.4 Å². The summed E-state index contributed by atoms with van der Waals surface area (Å²) in [7, 11) is 0. The summed E-state index contributed by atoms with van der Waals surface area (Å²) in [6, 6.07) is 12.4. The smallest absolute Gasteiger partial charge is 0.176 e. The molecule has 0 unspecified atom stereocenters. The highest BCUT2D eigenvalue weighted by molar-refractivity contribution is 5.58. The molecule has 0 saturated heterocycles. The number of benzene rings is 1. The van der Waals surface area contributed by atoms with Gasteiger partial charge in [0.25, 0.3) is 0 Å². The fourth-order valence-electron chi connectivity index (χ4n) is 2.00. The van der Waals surface area contributed by atoms with Gasteiger partial charge in [-0.15, -0.1) is 0 Å². The maximum atomic E-state index is 9.07. The van der Waals surface area contributed by atoms with E-state index in [0.29, 0.717) is 18.0 Å². The van der Waals surface area contributed by atoms with Crippen LogP contribution in [0.25, 0.3) is 0 Å². The molecule has 2 rings (SSSR count). The van der Waals surface area contributed by atoms with Crippen molar-refractivity contribution in [1.82, 2.24) is 9.78 Å². The molecule has 0 amide bonds. The lowest BCUT2D eigenvalue weighted by Gasteiger charge is -2.04. The molecule has 0 fully saturated rings. The summed E-state index contributed by atoms with van der Waals surface area (Å²) in [4.78, 5) is 4.18. The zero-order valence-electron chi connectivity index (χ0n) is 12.1. The molecule has 0 aliphatic rings. The average molecular weight is 282 g/mol. The number of hydrogen-bond acceptors (Lipinski definition) is 4. The minimum absolute atomic E-state index is 0.464. The van der Waals surface area contributed by atoms with Crippen molar-refractivity contribution in [3.63, 3.8) is 0 Å². The third-order valence-corrected chi connectivity index (χ3v) is 3.03. The van der Waals surface area contributed by atoms with Crippen LogP contribution in [0.3, 0.4) is 0 Å². The second kappa shape index (κ2) is 7.85. The molecule has 5 nitrogen and oxygen atoms in total. The highest BCUT2D eigenvalue weighted by atomic mass is 16.5. The molecule has 0 spiro atoms. The van der Waals surface area contributed by atoms with Crippen molar-refractivity contribution >= 4 is 12.2 Å². The third-order valence-electron chi connectivity index (χ3n) is 3.03. The Bertz CT molecular complexity index is 625. The number of nitrogens with zero attached hydrogens (tertiary/aromatic N) is 4. The maximum Gasteiger partial charge on any atom is 0.176 e. The molecular weight excluding hydrogens is 264 g/mol. The monoisotopic (exact) mass is 282 g/mol. The van der Waals surface area contributed by atoms with Gasteiger partial charge >= 0.3 is 0 Å². The van der Waals surface area contributed by atoms with Gasteiger partial charge in [-0.05, 0) is 25.3 Å². The molecule has 21 heavy (non-hydrogen) atoms. The lowest BCUT2D eigenvalue weighted by molar-refractivity contribution is 0.343. The van der Waals surface area contributed by atoms with E-state index in [0.717, 1.165) is 19.4 Å². The highest BCUT2D eigenvalue weighted by Gasteiger charge is 2.09. The summed E-state index contributed by atoms with van der Waals surface area (Å²) in [6.07, 6.45) is 4.82. The minimum Gasteiger partial charge on any atom is -0.483 e. The van der Waals surface area contributed by atoms with Crippen LogP contribution in [0.4, 0.5) is 5.82 Å². The van der Waals surface area contributed by atoms with Crippen LogP contribution in [-0.2, 0) is 17.7 Å². The van der Waals surface area contributed by atoms with Crippen molar-refractivity contribution in [3.8, 4) is 6.07 Å². The number of hydrogen-bond donors (Lipinski definition) is 0. The van der Waals surface area contributed by atoms with E-state index < -0.39 is 0 Å². The lowest BCUT2D eigenvalue weighted by atomic mass is 10.1. The molecule has 0 saturated carbocycles. The molecule has 0 N–H and O–H groups in total. The Balaban J connectivity index is 1.99. The highest BCUT2D eigenvalue weighted by Crippen LogP contribution is 2.18. The lowest BCUT2D eigenvalue weighted by Crippen LogP contribution is -2.01. The Labute approximate surface area is 124 Å². The molecule has 108 valence electrons. The second-order valence-electron chi connectivity index (χ2n) is 4.50. The molecule has 0 bridgehead atoms. The first-order chi connectivity index (χ1) is 10.3. The van der Waals surface area contributed by atoms with Crippen LogP contribution in [0.2, 0.25) is 0 Å². The summed E-state index contributed by atoms with van der Waals surface area (Å²) in [5.41, 5.74) is 1.76. The fraction of sp³-hybridized carbons (Fsp3) is 0.312. The first-order valence-electron chi connectivity index (χ1n) is 6.99. The second-order valence-corrected chi connectivity index (χ2v) is 4.50. The van der Waals surface area contributed by atoms with Crippen molar-refractivity contribution < 1.29 is 4.74 Å². The Morgan fingerprint density at radius 2 is 2.19 bits per heavy atom. The van der Waals surface area contributed by atoms with E-state index in [-0.39, 0.29) is 0 Å². The van der Waals surface area contributed by atoms with E-state index in [4.69, 9.17) is 10.00 Å². The number of nitriles is 1. The summed E-state index contributed by atoms with van der Waals surface area (Å²) in [5.74, 6) is 0.555. The Hall–Kier alpha value is -2.61. The van der Waals surface area contributed by atoms with E-state index in [1.807, 2.05) is 25.1 Å². The molecule has 0 atom stereocenters. The predicted molar refractivity (Wildman–Crippen MR) is 81.5 cm³/mol. The van der Waals surface area contributed by atoms with Gasteiger partial charge < -0.3 is 4.74 Å². The van der Waals surface area contributed by atoms with Crippen LogP contribution in [0.5, 0.6) is 0 Å². The quantitative estimate of drug-likeness (QED) is 0.579. The molecule has 1 aromatic heterocycles. The van der Waals surface area contributed by atoms with Crippen molar-refractivity contribution in [2.75, 3.05) is 6.61 Å². The number of ether oxygens (including phenoxy) is 1. The fourth-order valence-corrected chi connectivity index (χ4v) is 2.00. The number of aromatic nitrogens is 2. The minimum atomic E-state index is 0.464. The van der Waals surface area contributed by atoms with Crippen LogP contribution in [0.15, 0.2) is 41.5 Å². The van der Waals surface area contributed by atoms with Crippen LogP contribution < -0.4 is 0 Å². The molecular formula is C16H18N4O. The first kappa shape index (κ1) is 14.8. The van der Waals surface area contributed by atoms with Gasteiger partial charge in [0.2, 0.25) is 0 Å². The Morgan fingerprint density at radius 1 is 1.38 bits per heavy atom. The average Bonchev–Trinajstić information content (AvgIpc) is 2.91. The van der Waals surface area contributed by atoms with Gasteiger partial charge in [-0.1, -0.05) is 30.3 Å². The van der Waals surface area contributed by atoms with E-state index in [2.05, 4.69) is 28.3 Å². The van der Waals surface area contributed by atoms with Crippen LogP contribution in [0.1, 0.15) is 24.5 Å². The summed E-state index contributed by atoms with van der Waals surface area (Å²) >= 11 is 0. The van der Waals surface area contributed by atoms with Crippen LogP contribution in [-0.4, -0.2) is 22.8 Å². The van der Waals surface area contributed by atoms with Crippen molar-refractivity contribution in [1.29, 1.82) is 5.26 Å². The largest absolute Gasteiger partial charge is 0.483 e. The van der Waals surface area contributed by atoms with E-state index >= 15 is 0 Å². The zero-order chi connectivity index (χ0) is 14.9. The predicted octanol–water partition coefficient (Wildman–Crippen LogP) is 3.08. The van der Waals surface area contributed by atoms with E-state index in [9.17, 15) is 0 Å². The molecule has 1 aromatic carbocycles. The van der Waals surface area contributed by atoms with Crippen LogP contribution in [0, 0.1) is 11.3 Å². The summed E-state index contributed by atoms with van der Waals surface area (Å²) in [5, 5.41) is 13.3. The van der Waals surface area contributed by atoms with Gasteiger partial charge in [-0.3, -0.25) is 0 Å². The zero-order valence-corrected chi connectivity index (χ0v) is 12.1. The Morgan fingerprint density at radius 3 is 2.90 bits per heavy atom. The van der Waals surface area contributed by atoms with Gasteiger partial charge in [0.05, 0.1) is 12.8 Å². The molecule has 1 heterocycles. The SMILES string of the molecule is CCO/C=N/c1c(C#N)cnn1CCCc1ccccc1. The molecule has 2 aromatic rings. The molecule has 0 aliphatic heterocycles. The topological polar surface area (TPSA) is 63.2 Å². The maximum absolute atomic E-state index is 9.07. The summed E-state index contributed by atoms with van der Waals surface area (Å²) in [6.45, 7) is 3.15. The van der Waals surface area contributed by atoms with E-state index in [1.165, 1.54) is 12.0 Å². The number of rotatable bonds is 7. The molecule has 0 radical (unpaired) electrons. The number of aliphatic imine (C=N–C) groups is 1. The van der Waals surface area contributed by atoms with Crippen LogP contribution >= 0.6 is 0 Å². The van der Waals surface area contributed by atoms with Gasteiger partial charge in [0.15, 0.2) is 12.2 Å². The molecule has 5 heteroatoms. The van der Waals surface area contributed by atoms with Gasteiger partial charge in [0, 0.05) is 6.54 Å². The summed E-state index contributed by atoms with van der Waals surface area (Å²) < 4.78 is 6.84. The van der Waals surface area contributed by atoms with Crippen molar-refractivity contribution in [2.45, 2.75) is 26.3 Å².